The molecule has 0 bridgehead atoms. The van der Waals surface area contributed by atoms with Crippen molar-refractivity contribution in [2.24, 2.45) is 0 Å². The molecule has 2 fully saturated rings. The Balaban J connectivity index is 0.000000181. The van der Waals surface area contributed by atoms with Gasteiger partial charge in [-0.2, -0.15) is 8.61 Å². The van der Waals surface area contributed by atoms with Gasteiger partial charge in [0, 0.05) is 94.3 Å². The van der Waals surface area contributed by atoms with Crippen LogP contribution in [0.2, 0.25) is 30.1 Å². The summed E-state index contributed by atoms with van der Waals surface area (Å²) in [5.74, 6) is 0. The minimum absolute atomic E-state index is 0.101. The zero-order valence-electron chi connectivity index (χ0n) is 32.0. The molecule has 2 saturated heterocycles. The minimum atomic E-state index is -3.67. The number of anilines is 2. The first-order valence-electron chi connectivity index (χ1n) is 18.3. The monoisotopic (exact) mass is 1000 g/mol. The van der Waals surface area contributed by atoms with Crippen molar-refractivity contribution in [3.05, 3.63) is 125 Å². The average molecular weight is 1010 g/mol. The third-order valence-corrected chi connectivity index (χ3v) is 17.1. The highest BCUT2D eigenvalue weighted by atomic mass is 35.5. The molecule has 2 aliphatic heterocycles. The molecule has 0 atom stereocenters. The Labute approximate surface area is 387 Å². The van der Waals surface area contributed by atoms with Gasteiger partial charge in [-0.15, -0.1) is 22.7 Å². The summed E-state index contributed by atoms with van der Waals surface area (Å²) in [6, 6.07) is 20.5. The molecule has 60 heavy (non-hydrogen) atoms. The van der Waals surface area contributed by atoms with Crippen LogP contribution in [0.1, 0.15) is 11.1 Å². The van der Waals surface area contributed by atoms with Crippen LogP contribution >= 0.6 is 92.3 Å². The Morgan fingerprint density at radius 2 is 0.883 bits per heavy atom. The predicted molar refractivity (Wildman–Crippen MR) is 249 cm³/mol. The molecule has 4 heterocycles. The summed E-state index contributed by atoms with van der Waals surface area (Å²) in [5, 5.41) is 7.91. The maximum Gasteiger partial charge on any atom is 0.243 e. The summed E-state index contributed by atoms with van der Waals surface area (Å²) in [6.45, 7) is 7.85. The fourth-order valence-electron chi connectivity index (χ4n) is 6.53. The highest BCUT2D eigenvalue weighted by Crippen LogP contribution is 2.34. The maximum absolute atomic E-state index is 13.0. The lowest BCUT2D eigenvalue weighted by Crippen LogP contribution is -2.48. The maximum atomic E-state index is 13.0. The van der Waals surface area contributed by atoms with Gasteiger partial charge in [-0.25, -0.2) is 26.8 Å². The highest BCUT2D eigenvalue weighted by molar-refractivity contribution is 7.89. The second-order valence-corrected chi connectivity index (χ2v) is 22.1. The molecule has 0 unspecified atom stereocenters. The van der Waals surface area contributed by atoms with Crippen LogP contribution < -0.4 is 9.80 Å². The summed E-state index contributed by atoms with van der Waals surface area (Å²) < 4.78 is 54.7. The van der Waals surface area contributed by atoms with Crippen LogP contribution in [0.15, 0.2) is 93.3 Å². The molecule has 2 aromatic heterocycles. The van der Waals surface area contributed by atoms with Gasteiger partial charge in [-0.05, 0) is 79.6 Å². The van der Waals surface area contributed by atoms with Gasteiger partial charge >= 0.3 is 0 Å². The molecule has 0 radical (unpaired) electrons. The Morgan fingerprint density at radius 3 is 1.28 bits per heavy atom. The van der Waals surface area contributed by atoms with Crippen molar-refractivity contribution < 1.29 is 16.8 Å². The van der Waals surface area contributed by atoms with Gasteiger partial charge in [0.2, 0.25) is 20.0 Å². The predicted octanol–water partition coefficient (Wildman–Crippen LogP) is 11.2. The van der Waals surface area contributed by atoms with Gasteiger partial charge in [0.25, 0.3) is 0 Å². The van der Waals surface area contributed by atoms with E-state index >= 15 is 0 Å². The molecule has 0 aliphatic carbocycles. The third kappa shape index (κ3) is 10.4. The third-order valence-electron chi connectivity index (χ3n) is 9.97. The average Bonchev–Trinajstić information content (AvgIpc) is 3.91. The summed E-state index contributed by atoms with van der Waals surface area (Å²) in [5.41, 5.74) is 6.22. The smallest absolute Gasteiger partial charge is 0.243 e. The van der Waals surface area contributed by atoms with Crippen LogP contribution in [-0.2, 0) is 20.0 Å². The van der Waals surface area contributed by atoms with Gasteiger partial charge in [0.1, 0.15) is 0 Å². The van der Waals surface area contributed by atoms with E-state index in [0.717, 1.165) is 32.8 Å². The lowest BCUT2D eigenvalue weighted by atomic mass is 10.1. The number of nitrogens with zero attached hydrogens (tertiary/aromatic N) is 6. The summed E-state index contributed by atoms with van der Waals surface area (Å²) in [7, 11) is -7.30. The second-order valence-electron chi connectivity index (χ2n) is 14.0. The molecule has 316 valence electrons. The molecule has 2 aliphatic rings. The first-order valence-corrected chi connectivity index (χ1v) is 25.2. The number of hydrogen-bond acceptors (Lipinski definition) is 10. The number of rotatable bonds is 8. The van der Waals surface area contributed by atoms with Crippen LogP contribution in [0.3, 0.4) is 0 Å². The topological polar surface area (TPSA) is 107 Å². The Bertz CT molecular complexity index is 2530. The number of halogens is 6. The van der Waals surface area contributed by atoms with Crippen molar-refractivity contribution in [3.8, 4) is 22.5 Å². The van der Waals surface area contributed by atoms with Crippen molar-refractivity contribution in [2.75, 3.05) is 62.2 Å². The normalized spacial score (nSPS) is 15.5. The highest BCUT2D eigenvalue weighted by Gasteiger charge is 2.31. The van der Waals surface area contributed by atoms with Crippen LogP contribution in [0.4, 0.5) is 10.3 Å². The van der Waals surface area contributed by atoms with Crippen molar-refractivity contribution in [1.29, 1.82) is 0 Å². The molecule has 20 heteroatoms. The zero-order chi connectivity index (χ0) is 42.9. The molecule has 6 aromatic rings. The van der Waals surface area contributed by atoms with Crippen molar-refractivity contribution >= 4 is 123 Å². The summed E-state index contributed by atoms with van der Waals surface area (Å²) in [4.78, 5) is 13.9. The van der Waals surface area contributed by atoms with Crippen LogP contribution in [0.25, 0.3) is 22.5 Å². The van der Waals surface area contributed by atoms with E-state index < -0.39 is 20.0 Å². The number of benzene rings is 4. The van der Waals surface area contributed by atoms with Gasteiger partial charge in [-0.3, -0.25) is 0 Å². The summed E-state index contributed by atoms with van der Waals surface area (Å²) >= 11 is 39.1. The molecule has 0 saturated carbocycles. The molecule has 0 spiro atoms. The fourth-order valence-corrected chi connectivity index (χ4v) is 12.9. The number of aryl methyl sites for hydroxylation is 2. The number of sulfonamides is 2. The standard InChI is InChI=1S/C21H21Cl2N3O2S2.C19H15Cl4N3O2S2/c1-14-3-4-16(9-15(14)2)20-13-29-21(24-20)25-5-7-26(8-6-25)30(27,28)19-11-17(22)10-18(23)12-19;20-13-8-14(21)10-15(9-13)30(27,28)26-5-3-25(4-6-26)19-24-18(11-29-19)12-1-2-16(22)17(23)7-12/h3-4,9-13H,5-8H2,1-2H3;1-2,7-11H,3-6H2. The van der Waals surface area contributed by atoms with E-state index in [1.807, 2.05) is 11.4 Å². The van der Waals surface area contributed by atoms with Crippen molar-refractivity contribution in [3.63, 3.8) is 0 Å². The second kappa shape index (κ2) is 19.0. The lowest BCUT2D eigenvalue weighted by molar-refractivity contribution is 0.384. The van der Waals surface area contributed by atoms with Crippen LogP contribution in [0.5, 0.6) is 0 Å². The fraction of sp³-hybridized carbons (Fsp3) is 0.250. The van der Waals surface area contributed by atoms with E-state index in [1.54, 1.807) is 23.5 Å². The zero-order valence-corrected chi connectivity index (χ0v) is 39.8. The minimum Gasteiger partial charge on any atom is -0.345 e. The van der Waals surface area contributed by atoms with Crippen molar-refractivity contribution in [1.82, 2.24) is 18.6 Å². The van der Waals surface area contributed by atoms with Gasteiger partial charge in [0.05, 0.1) is 31.2 Å². The van der Waals surface area contributed by atoms with E-state index in [2.05, 4.69) is 52.2 Å². The Hall–Kier alpha value is -2.70. The molecule has 4 aromatic carbocycles. The van der Waals surface area contributed by atoms with Gasteiger partial charge < -0.3 is 9.80 Å². The van der Waals surface area contributed by atoms with Crippen LogP contribution in [-0.4, -0.2) is 87.8 Å². The molecule has 8 rings (SSSR count). The van der Waals surface area contributed by atoms with E-state index in [4.69, 9.17) is 74.6 Å². The van der Waals surface area contributed by atoms with E-state index in [1.165, 1.54) is 67.5 Å². The summed E-state index contributed by atoms with van der Waals surface area (Å²) in [6.07, 6.45) is 0. The molecule has 0 N–H and O–H groups in total. The molecule has 0 amide bonds. The number of piperazine rings is 2. The number of aromatic nitrogens is 2. The SMILES string of the molecule is Cc1ccc(-c2csc(N3CCN(S(=O)(=O)c4cc(Cl)cc(Cl)c4)CC3)n2)cc1C.O=S(=O)(c1cc(Cl)cc(Cl)c1)N1CCN(c2nc(-c3ccc(Cl)c(Cl)c3)cs2)CC1. The largest absolute Gasteiger partial charge is 0.345 e. The molecule has 10 nitrogen and oxygen atoms in total. The quantitative estimate of drug-likeness (QED) is 0.148. The van der Waals surface area contributed by atoms with E-state index in [9.17, 15) is 16.8 Å². The van der Waals surface area contributed by atoms with E-state index in [-0.39, 0.29) is 19.8 Å². The number of thiazole rings is 2. The molecular formula is C40H36Cl6N6O4S4. The van der Waals surface area contributed by atoms with E-state index in [0.29, 0.717) is 72.4 Å². The van der Waals surface area contributed by atoms with Gasteiger partial charge in [-0.1, -0.05) is 87.8 Å². The lowest BCUT2D eigenvalue weighted by Gasteiger charge is -2.33. The number of hydrogen-bond donors (Lipinski definition) is 0. The van der Waals surface area contributed by atoms with Crippen molar-refractivity contribution in [2.45, 2.75) is 23.6 Å². The van der Waals surface area contributed by atoms with Gasteiger partial charge in [0.15, 0.2) is 10.3 Å². The Morgan fingerprint density at radius 1 is 0.483 bits per heavy atom. The molecular weight excluding hydrogens is 969 g/mol. The Kier molecular flexibility index (Phi) is 14.3. The first kappa shape index (κ1) is 45.3. The van der Waals surface area contributed by atoms with Crippen LogP contribution in [0, 0.1) is 13.8 Å². The first-order chi connectivity index (χ1) is 28.5.